The van der Waals surface area contributed by atoms with Crippen LogP contribution in [0.4, 0.5) is 5.69 Å². The average molecular weight is 318 g/mol. The van der Waals surface area contributed by atoms with Crippen molar-refractivity contribution < 1.29 is 9.21 Å². The van der Waals surface area contributed by atoms with Crippen molar-refractivity contribution in [2.24, 2.45) is 0 Å². The molecule has 0 aliphatic rings. The number of carbonyl (C=O) groups is 1. The van der Waals surface area contributed by atoms with Gasteiger partial charge >= 0.3 is 0 Å². The summed E-state index contributed by atoms with van der Waals surface area (Å²) in [5.74, 6) is 0.381. The van der Waals surface area contributed by atoms with Gasteiger partial charge in [-0.3, -0.25) is 9.78 Å². The van der Waals surface area contributed by atoms with Crippen molar-refractivity contribution in [1.82, 2.24) is 4.98 Å². The van der Waals surface area contributed by atoms with Gasteiger partial charge < -0.3 is 9.73 Å². The Balaban J connectivity index is 0.000000143. The molecule has 0 aliphatic carbocycles. The van der Waals surface area contributed by atoms with E-state index in [1.807, 2.05) is 56.4 Å². The molecule has 0 unspecified atom stereocenters. The lowest BCUT2D eigenvalue weighted by atomic mass is 10.2. The Morgan fingerprint density at radius 2 is 1.79 bits per heavy atom. The number of rotatable bonds is 2. The summed E-state index contributed by atoms with van der Waals surface area (Å²) in [6, 6.07) is 19.5. The van der Waals surface area contributed by atoms with Gasteiger partial charge in [0.15, 0.2) is 12.0 Å². The number of benzene rings is 2. The number of aldehydes is 1. The fraction of sp³-hybridized carbons (Fsp3) is 0.100. The molecular formula is C20H18N2O2. The third-order valence-electron chi connectivity index (χ3n) is 3.69. The van der Waals surface area contributed by atoms with Crippen molar-refractivity contribution in [3.8, 4) is 0 Å². The van der Waals surface area contributed by atoms with E-state index in [9.17, 15) is 4.79 Å². The molecule has 0 spiro atoms. The van der Waals surface area contributed by atoms with Crippen LogP contribution in [0.2, 0.25) is 0 Å². The van der Waals surface area contributed by atoms with E-state index in [0.717, 1.165) is 27.9 Å². The molecule has 0 atom stereocenters. The van der Waals surface area contributed by atoms with Crippen molar-refractivity contribution in [2.75, 3.05) is 12.4 Å². The summed E-state index contributed by atoms with van der Waals surface area (Å²) < 4.78 is 5.15. The van der Waals surface area contributed by atoms with Crippen molar-refractivity contribution in [1.29, 1.82) is 0 Å². The van der Waals surface area contributed by atoms with Crippen molar-refractivity contribution in [3.05, 3.63) is 72.1 Å². The van der Waals surface area contributed by atoms with E-state index < -0.39 is 0 Å². The van der Waals surface area contributed by atoms with E-state index in [4.69, 9.17) is 4.42 Å². The Bertz CT molecular complexity index is 956. The molecule has 0 aliphatic heterocycles. The van der Waals surface area contributed by atoms with Crippen LogP contribution in [0.25, 0.3) is 21.9 Å². The smallest absolute Gasteiger partial charge is 0.185 e. The van der Waals surface area contributed by atoms with Gasteiger partial charge in [-0.25, -0.2) is 0 Å². The van der Waals surface area contributed by atoms with Gasteiger partial charge in [-0.05, 0) is 31.2 Å². The van der Waals surface area contributed by atoms with E-state index >= 15 is 0 Å². The highest BCUT2D eigenvalue weighted by Crippen LogP contribution is 2.20. The number of fused-ring (bicyclic) bond motifs is 2. The van der Waals surface area contributed by atoms with E-state index in [1.165, 1.54) is 5.39 Å². The highest BCUT2D eigenvalue weighted by molar-refractivity contribution is 5.90. The molecule has 1 N–H and O–H groups in total. The second-order valence-corrected chi connectivity index (χ2v) is 5.38. The van der Waals surface area contributed by atoms with Gasteiger partial charge in [0.25, 0.3) is 0 Å². The SMILES string of the molecule is CNc1cccc2ccc(C)nc12.O=Cc1cc2ccccc2o1. The summed E-state index contributed by atoms with van der Waals surface area (Å²) in [4.78, 5) is 14.8. The number of furan rings is 1. The van der Waals surface area contributed by atoms with Crippen LogP contribution < -0.4 is 5.32 Å². The number of nitrogens with zero attached hydrogens (tertiary/aromatic N) is 1. The number of anilines is 1. The predicted molar refractivity (Wildman–Crippen MR) is 97.6 cm³/mol. The second-order valence-electron chi connectivity index (χ2n) is 5.38. The maximum absolute atomic E-state index is 10.3. The van der Waals surface area contributed by atoms with Crippen LogP contribution in [0.1, 0.15) is 16.2 Å². The monoisotopic (exact) mass is 318 g/mol. The van der Waals surface area contributed by atoms with Gasteiger partial charge in [-0.2, -0.15) is 0 Å². The number of pyridine rings is 1. The van der Waals surface area contributed by atoms with Crippen molar-refractivity contribution in [2.45, 2.75) is 6.92 Å². The molecule has 0 saturated heterocycles. The molecule has 0 radical (unpaired) electrons. The summed E-state index contributed by atoms with van der Waals surface area (Å²) >= 11 is 0. The fourth-order valence-corrected chi connectivity index (χ4v) is 2.51. The molecule has 4 nitrogen and oxygen atoms in total. The Hall–Kier alpha value is -3.14. The first-order valence-electron chi connectivity index (χ1n) is 7.69. The highest BCUT2D eigenvalue weighted by atomic mass is 16.3. The molecule has 4 rings (SSSR count). The van der Waals surface area contributed by atoms with Crippen LogP contribution in [-0.2, 0) is 0 Å². The molecule has 2 aromatic heterocycles. The van der Waals surface area contributed by atoms with Gasteiger partial charge in [-0.1, -0.05) is 36.4 Å². The molecule has 0 saturated carbocycles. The van der Waals surface area contributed by atoms with Crippen LogP contribution in [0.15, 0.2) is 65.1 Å². The second kappa shape index (κ2) is 6.96. The number of carbonyl (C=O) groups excluding carboxylic acids is 1. The fourth-order valence-electron chi connectivity index (χ4n) is 2.51. The average Bonchev–Trinajstić information content (AvgIpc) is 3.05. The quantitative estimate of drug-likeness (QED) is 0.538. The van der Waals surface area contributed by atoms with Crippen molar-refractivity contribution >= 4 is 33.8 Å². The first-order chi connectivity index (χ1) is 11.7. The normalized spacial score (nSPS) is 10.2. The molecule has 4 heteroatoms. The standard InChI is InChI=1S/C11H12N2.C9H6O2/c1-8-6-7-9-4-3-5-10(12-2)11(9)13-8;10-6-8-5-7-3-1-2-4-9(7)11-8/h3-7,12H,1-2H3;1-6H. The minimum atomic E-state index is 0.381. The minimum Gasteiger partial charge on any atom is -0.453 e. The number of aryl methyl sites for hydroxylation is 1. The largest absolute Gasteiger partial charge is 0.453 e. The first kappa shape index (κ1) is 15.7. The first-order valence-corrected chi connectivity index (χ1v) is 7.69. The van der Waals surface area contributed by atoms with E-state index in [2.05, 4.69) is 22.4 Å². The van der Waals surface area contributed by atoms with Gasteiger partial charge in [0.1, 0.15) is 5.58 Å². The molecule has 0 bridgehead atoms. The molecule has 0 fully saturated rings. The molecular weight excluding hydrogens is 300 g/mol. The lowest BCUT2D eigenvalue weighted by Gasteiger charge is -2.04. The molecule has 0 amide bonds. The minimum absolute atomic E-state index is 0.381. The summed E-state index contributed by atoms with van der Waals surface area (Å²) in [5, 5.41) is 5.28. The van der Waals surface area contributed by atoms with Gasteiger partial charge in [-0.15, -0.1) is 0 Å². The van der Waals surface area contributed by atoms with E-state index in [1.54, 1.807) is 6.07 Å². The van der Waals surface area contributed by atoms with Gasteiger partial charge in [0, 0.05) is 23.5 Å². The molecule has 2 heterocycles. The predicted octanol–water partition coefficient (Wildman–Crippen LogP) is 4.83. The van der Waals surface area contributed by atoms with Crippen molar-refractivity contribution in [3.63, 3.8) is 0 Å². The third kappa shape index (κ3) is 3.27. The number of hydrogen-bond donors (Lipinski definition) is 1. The zero-order chi connectivity index (χ0) is 16.9. The number of nitrogens with one attached hydrogen (secondary N) is 1. The summed E-state index contributed by atoms with van der Waals surface area (Å²) in [5.41, 5.74) is 3.94. The number of para-hydroxylation sites is 2. The van der Waals surface area contributed by atoms with E-state index in [0.29, 0.717) is 12.0 Å². The number of aromatic nitrogens is 1. The van der Waals surface area contributed by atoms with E-state index in [-0.39, 0.29) is 0 Å². The Morgan fingerprint density at radius 3 is 2.54 bits per heavy atom. The van der Waals surface area contributed by atoms with Crippen LogP contribution in [0.3, 0.4) is 0 Å². The molecule has 24 heavy (non-hydrogen) atoms. The summed E-state index contributed by atoms with van der Waals surface area (Å²) in [7, 11) is 1.92. The van der Waals surface area contributed by atoms with Gasteiger partial charge in [0.2, 0.25) is 0 Å². The molecule has 4 aromatic rings. The van der Waals surface area contributed by atoms with Crippen LogP contribution in [0.5, 0.6) is 0 Å². The van der Waals surface area contributed by atoms with Gasteiger partial charge in [0.05, 0.1) is 11.2 Å². The zero-order valence-corrected chi connectivity index (χ0v) is 13.6. The van der Waals surface area contributed by atoms with Crippen LogP contribution in [0, 0.1) is 6.92 Å². The maximum atomic E-state index is 10.3. The Labute approximate surface area is 140 Å². The zero-order valence-electron chi connectivity index (χ0n) is 13.6. The maximum Gasteiger partial charge on any atom is 0.185 e. The lowest BCUT2D eigenvalue weighted by Crippen LogP contribution is -1.92. The summed E-state index contributed by atoms with van der Waals surface area (Å²) in [6.07, 6.45) is 0.708. The Kier molecular flexibility index (Phi) is 4.57. The summed E-state index contributed by atoms with van der Waals surface area (Å²) in [6.45, 7) is 2.01. The third-order valence-corrected chi connectivity index (χ3v) is 3.69. The van der Waals surface area contributed by atoms with Crippen LogP contribution >= 0.6 is 0 Å². The lowest BCUT2D eigenvalue weighted by molar-refractivity contribution is 0.110. The Morgan fingerprint density at radius 1 is 1.00 bits per heavy atom. The molecule has 120 valence electrons. The highest BCUT2D eigenvalue weighted by Gasteiger charge is 2.00. The van der Waals surface area contributed by atoms with Crippen LogP contribution in [-0.4, -0.2) is 18.3 Å². The topological polar surface area (TPSA) is 55.1 Å². The number of hydrogen-bond acceptors (Lipinski definition) is 4. The molecule has 2 aromatic carbocycles.